The lowest BCUT2D eigenvalue weighted by Gasteiger charge is -2.16. The molecule has 1 atom stereocenters. The third-order valence-electron chi connectivity index (χ3n) is 3.07. The minimum absolute atomic E-state index is 0.662. The van der Waals surface area contributed by atoms with Crippen molar-refractivity contribution in [3.8, 4) is 0 Å². The number of nitrogen functional groups attached to an aromatic ring is 1. The van der Waals surface area contributed by atoms with Crippen LogP contribution in [-0.4, -0.2) is 36.7 Å². The van der Waals surface area contributed by atoms with Crippen molar-refractivity contribution < 1.29 is 4.74 Å². The highest BCUT2D eigenvalue weighted by Gasteiger charge is 2.22. The Labute approximate surface area is 96.4 Å². The zero-order chi connectivity index (χ0) is 11.4. The minimum Gasteiger partial charge on any atom is -0.397 e. The largest absolute Gasteiger partial charge is 0.397 e. The Balaban J connectivity index is 1.90. The summed E-state index contributed by atoms with van der Waals surface area (Å²) in [6.45, 7) is 3.91. The molecular weight excluding hydrogens is 202 g/mol. The van der Waals surface area contributed by atoms with E-state index < -0.39 is 0 Å². The summed E-state index contributed by atoms with van der Waals surface area (Å²) >= 11 is 0. The predicted molar refractivity (Wildman–Crippen MR) is 63.9 cm³/mol. The van der Waals surface area contributed by atoms with Crippen LogP contribution in [0.4, 0.5) is 5.69 Å². The van der Waals surface area contributed by atoms with Crippen molar-refractivity contribution in [1.82, 2.24) is 9.88 Å². The van der Waals surface area contributed by atoms with Crippen molar-refractivity contribution in [2.75, 3.05) is 32.5 Å². The Morgan fingerprint density at radius 1 is 1.62 bits per heavy atom. The van der Waals surface area contributed by atoms with Gasteiger partial charge in [-0.25, -0.2) is 0 Å². The summed E-state index contributed by atoms with van der Waals surface area (Å²) in [6.07, 6.45) is 3.01. The lowest BCUT2D eigenvalue weighted by molar-refractivity contribution is 0.152. The Kier molecular flexibility index (Phi) is 3.74. The molecule has 2 N–H and O–H groups in total. The number of rotatable bonds is 4. The predicted octanol–water partition coefficient (Wildman–Crippen LogP) is 1.13. The highest BCUT2D eigenvalue weighted by atomic mass is 16.5. The van der Waals surface area contributed by atoms with Crippen molar-refractivity contribution >= 4 is 5.69 Å². The number of pyridine rings is 1. The molecule has 1 saturated heterocycles. The Hall–Kier alpha value is -1.13. The van der Waals surface area contributed by atoms with Gasteiger partial charge in [0, 0.05) is 26.4 Å². The molecule has 1 aromatic heterocycles. The molecule has 16 heavy (non-hydrogen) atoms. The van der Waals surface area contributed by atoms with Gasteiger partial charge in [0.25, 0.3) is 0 Å². The summed E-state index contributed by atoms with van der Waals surface area (Å²) < 4.78 is 5.18. The second-order valence-corrected chi connectivity index (χ2v) is 4.38. The van der Waals surface area contributed by atoms with Gasteiger partial charge in [-0.2, -0.15) is 0 Å². The summed E-state index contributed by atoms with van der Waals surface area (Å²) in [5, 5.41) is 0. The van der Waals surface area contributed by atoms with Crippen LogP contribution in [-0.2, 0) is 11.3 Å². The summed E-state index contributed by atoms with van der Waals surface area (Å²) in [5.41, 5.74) is 7.65. The third-order valence-corrected chi connectivity index (χ3v) is 3.07. The van der Waals surface area contributed by atoms with Crippen molar-refractivity contribution in [1.29, 1.82) is 0 Å². The fraction of sp³-hybridized carbons (Fsp3) is 0.583. The van der Waals surface area contributed by atoms with E-state index in [1.807, 2.05) is 12.1 Å². The number of anilines is 1. The van der Waals surface area contributed by atoms with Crippen molar-refractivity contribution in [3.05, 3.63) is 24.0 Å². The number of methoxy groups -OCH3 is 1. The normalized spacial score (nSPS) is 21.4. The van der Waals surface area contributed by atoms with Gasteiger partial charge in [-0.1, -0.05) is 0 Å². The first kappa shape index (κ1) is 11.4. The van der Waals surface area contributed by atoms with Crippen LogP contribution in [0.15, 0.2) is 18.3 Å². The maximum Gasteiger partial charge on any atom is 0.0772 e. The van der Waals surface area contributed by atoms with Gasteiger partial charge >= 0.3 is 0 Å². The second kappa shape index (κ2) is 5.27. The van der Waals surface area contributed by atoms with E-state index in [2.05, 4.69) is 9.88 Å². The molecule has 0 bridgehead atoms. The van der Waals surface area contributed by atoms with E-state index in [1.54, 1.807) is 13.3 Å². The number of ether oxygens (including phenoxy) is 1. The molecule has 4 heteroatoms. The van der Waals surface area contributed by atoms with E-state index in [0.717, 1.165) is 37.6 Å². The van der Waals surface area contributed by atoms with E-state index in [1.165, 1.54) is 6.42 Å². The molecule has 1 aliphatic rings. The number of aromatic nitrogens is 1. The summed E-state index contributed by atoms with van der Waals surface area (Å²) in [6, 6.07) is 3.78. The molecule has 0 aromatic carbocycles. The van der Waals surface area contributed by atoms with Crippen molar-refractivity contribution in [2.24, 2.45) is 5.92 Å². The number of nitrogens with two attached hydrogens (primary N) is 1. The van der Waals surface area contributed by atoms with Crippen molar-refractivity contribution in [2.45, 2.75) is 13.0 Å². The van der Waals surface area contributed by atoms with Crippen LogP contribution < -0.4 is 5.73 Å². The van der Waals surface area contributed by atoms with Gasteiger partial charge in [0.05, 0.1) is 18.0 Å². The summed E-state index contributed by atoms with van der Waals surface area (Å²) in [4.78, 5) is 6.71. The zero-order valence-corrected chi connectivity index (χ0v) is 9.72. The lowest BCUT2D eigenvalue weighted by atomic mass is 10.1. The maximum absolute atomic E-state index is 5.88. The number of nitrogens with zero attached hydrogens (tertiary/aromatic N) is 2. The van der Waals surface area contributed by atoms with E-state index in [0.29, 0.717) is 5.92 Å². The maximum atomic E-state index is 5.88. The van der Waals surface area contributed by atoms with Gasteiger partial charge in [-0.05, 0) is 31.0 Å². The molecule has 2 rings (SSSR count). The molecule has 0 radical (unpaired) electrons. The second-order valence-electron chi connectivity index (χ2n) is 4.38. The monoisotopic (exact) mass is 221 g/mol. The molecule has 0 saturated carbocycles. The highest BCUT2D eigenvalue weighted by Crippen LogP contribution is 2.19. The van der Waals surface area contributed by atoms with Gasteiger partial charge in [0.2, 0.25) is 0 Å². The van der Waals surface area contributed by atoms with Crippen LogP contribution in [0.25, 0.3) is 0 Å². The minimum atomic E-state index is 0.662. The van der Waals surface area contributed by atoms with E-state index in [-0.39, 0.29) is 0 Å². The molecule has 0 aliphatic carbocycles. The molecule has 2 heterocycles. The van der Waals surface area contributed by atoms with Gasteiger partial charge in [0.15, 0.2) is 0 Å². The Morgan fingerprint density at radius 2 is 2.50 bits per heavy atom. The third kappa shape index (κ3) is 2.71. The van der Waals surface area contributed by atoms with E-state index in [4.69, 9.17) is 10.5 Å². The smallest absolute Gasteiger partial charge is 0.0772 e. The molecule has 0 amide bonds. The Morgan fingerprint density at radius 3 is 3.25 bits per heavy atom. The fourth-order valence-electron chi connectivity index (χ4n) is 2.22. The SMILES string of the molecule is COCC1CCN(Cc2ncccc2N)C1. The van der Waals surface area contributed by atoms with Crippen LogP contribution in [0.1, 0.15) is 12.1 Å². The quantitative estimate of drug-likeness (QED) is 0.828. The average molecular weight is 221 g/mol. The lowest BCUT2D eigenvalue weighted by Crippen LogP contribution is -2.22. The van der Waals surface area contributed by atoms with Gasteiger partial charge < -0.3 is 10.5 Å². The van der Waals surface area contributed by atoms with Crippen molar-refractivity contribution in [3.63, 3.8) is 0 Å². The molecule has 4 nitrogen and oxygen atoms in total. The molecule has 1 aliphatic heterocycles. The first-order valence-corrected chi connectivity index (χ1v) is 5.70. The number of likely N-dealkylation sites (tertiary alicyclic amines) is 1. The molecule has 1 unspecified atom stereocenters. The number of hydrogen-bond acceptors (Lipinski definition) is 4. The van der Waals surface area contributed by atoms with Crippen LogP contribution in [0.2, 0.25) is 0 Å². The van der Waals surface area contributed by atoms with Crippen LogP contribution in [0.5, 0.6) is 0 Å². The van der Waals surface area contributed by atoms with Gasteiger partial charge in [-0.3, -0.25) is 9.88 Å². The Bertz CT molecular complexity index is 343. The van der Waals surface area contributed by atoms with Gasteiger partial charge in [-0.15, -0.1) is 0 Å². The van der Waals surface area contributed by atoms with Gasteiger partial charge in [0.1, 0.15) is 0 Å². The zero-order valence-electron chi connectivity index (χ0n) is 9.72. The topological polar surface area (TPSA) is 51.4 Å². The summed E-state index contributed by atoms with van der Waals surface area (Å²) in [5.74, 6) is 0.662. The van der Waals surface area contributed by atoms with Crippen LogP contribution >= 0.6 is 0 Å². The number of hydrogen-bond donors (Lipinski definition) is 1. The average Bonchev–Trinajstić information content (AvgIpc) is 2.70. The first-order valence-electron chi connectivity index (χ1n) is 5.70. The standard InChI is InChI=1S/C12H19N3O/c1-16-9-10-4-6-15(7-10)8-12-11(13)3-2-5-14-12/h2-3,5,10H,4,6-9,13H2,1H3. The molecular formula is C12H19N3O. The van der Waals surface area contributed by atoms with E-state index in [9.17, 15) is 0 Å². The first-order chi connectivity index (χ1) is 7.79. The molecule has 1 aromatic rings. The van der Waals surface area contributed by atoms with Crippen LogP contribution in [0.3, 0.4) is 0 Å². The fourth-order valence-corrected chi connectivity index (χ4v) is 2.22. The van der Waals surface area contributed by atoms with E-state index >= 15 is 0 Å². The molecule has 88 valence electrons. The summed E-state index contributed by atoms with van der Waals surface area (Å²) in [7, 11) is 1.76. The highest BCUT2D eigenvalue weighted by molar-refractivity contribution is 5.41. The molecule has 0 spiro atoms. The van der Waals surface area contributed by atoms with Crippen LogP contribution in [0, 0.1) is 5.92 Å². The molecule has 1 fully saturated rings.